The molecule has 15 heavy (non-hydrogen) atoms. The fourth-order valence-corrected chi connectivity index (χ4v) is 1.50. The maximum Gasteiger partial charge on any atom is 0.319 e. The smallest absolute Gasteiger partial charge is 0.319 e. The van der Waals surface area contributed by atoms with Gasteiger partial charge in [-0.1, -0.05) is 45.2 Å². The first-order valence-electron chi connectivity index (χ1n) is 4.25. The number of carbonyl (C=O) groups is 1. The molecule has 0 aliphatic heterocycles. The van der Waals surface area contributed by atoms with Gasteiger partial charge in [0, 0.05) is 15.6 Å². The summed E-state index contributed by atoms with van der Waals surface area (Å²) in [4.78, 5) is 10.8. The van der Waals surface area contributed by atoms with Crippen molar-refractivity contribution < 1.29 is 9.53 Å². The van der Waals surface area contributed by atoms with Gasteiger partial charge >= 0.3 is 5.97 Å². The number of alkyl halides is 1. The summed E-state index contributed by atoms with van der Waals surface area (Å²) in [6.45, 7) is 1.86. The standard InChI is InChI=1S/C10H9BrCl2O2/c1-6(11)10(14)15-5-7-2-3-8(12)4-9(7)13/h2-4,6H,5H2,1H3. The number of rotatable bonds is 3. The molecule has 0 amide bonds. The maximum atomic E-state index is 11.2. The number of hydrogen-bond donors (Lipinski definition) is 0. The average Bonchev–Trinajstić information content (AvgIpc) is 2.15. The minimum atomic E-state index is -0.319. The van der Waals surface area contributed by atoms with Crippen molar-refractivity contribution in [3.8, 4) is 0 Å². The van der Waals surface area contributed by atoms with Crippen LogP contribution in [0.5, 0.6) is 0 Å². The summed E-state index contributed by atoms with van der Waals surface area (Å²) in [5.74, 6) is -0.319. The highest BCUT2D eigenvalue weighted by Crippen LogP contribution is 2.21. The van der Waals surface area contributed by atoms with E-state index in [2.05, 4.69) is 15.9 Å². The summed E-state index contributed by atoms with van der Waals surface area (Å²) in [6.07, 6.45) is 0. The van der Waals surface area contributed by atoms with E-state index in [1.54, 1.807) is 25.1 Å². The summed E-state index contributed by atoms with van der Waals surface area (Å²) in [5.41, 5.74) is 0.738. The van der Waals surface area contributed by atoms with E-state index < -0.39 is 0 Å². The molecule has 0 aromatic heterocycles. The fourth-order valence-electron chi connectivity index (χ4n) is 0.902. The highest BCUT2D eigenvalue weighted by Gasteiger charge is 2.11. The third kappa shape index (κ3) is 4.01. The molecule has 1 aromatic carbocycles. The molecule has 0 aliphatic rings. The summed E-state index contributed by atoms with van der Waals surface area (Å²) in [7, 11) is 0. The van der Waals surface area contributed by atoms with Crippen LogP contribution >= 0.6 is 39.1 Å². The first kappa shape index (κ1) is 12.8. The predicted molar refractivity (Wildman–Crippen MR) is 64.6 cm³/mol. The molecular formula is C10H9BrCl2O2. The molecule has 1 unspecified atom stereocenters. The number of benzene rings is 1. The second-order valence-electron chi connectivity index (χ2n) is 2.96. The minimum Gasteiger partial charge on any atom is -0.460 e. The molecule has 82 valence electrons. The quantitative estimate of drug-likeness (QED) is 0.626. The molecule has 0 fully saturated rings. The largest absolute Gasteiger partial charge is 0.460 e. The lowest BCUT2D eigenvalue weighted by molar-refractivity contribution is -0.143. The Kier molecular flexibility index (Phi) is 4.90. The number of carbonyl (C=O) groups excluding carboxylic acids is 1. The van der Waals surface area contributed by atoms with Crippen molar-refractivity contribution >= 4 is 45.1 Å². The molecule has 0 radical (unpaired) electrons. The van der Waals surface area contributed by atoms with Gasteiger partial charge in [-0.05, 0) is 19.1 Å². The van der Waals surface area contributed by atoms with Crippen LogP contribution in [-0.2, 0) is 16.1 Å². The second-order valence-corrected chi connectivity index (χ2v) is 5.18. The van der Waals surface area contributed by atoms with E-state index in [0.29, 0.717) is 10.0 Å². The number of esters is 1. The van der Waals surface area contributed by atoms with Crippen molar-refractivity contribution in [1.29, 1.82) is 0 Å². The molecule has 0 saturated heterocycles. The van der Waals surface area contributed by atoms with Gasteiger partial charge in [0.15, 0.2) is 0 Å². The Labute approximate surface area is 107 Å². The van der Waals surface area contributed by atoms with Gasteiger partial charge in [0.2, 0.25) is 0 Å². The third-order valence-corrected chi connectivity index (χ3v) is 2.67. The van der Waals surface area contributed by atoms with Crippen molar-refractivity contribution in [3.63, 3.8) is 0 Å². The zero-order chi connectivity index (χ0) is 11.4. The maximum absolute atomic E-state index is 11.2. The van der Waals surface area contributed by atoms with Gasteiger partial charge in [-0.2, -0.15) is 0 Å². The van der Waals surface area contributed by atoms with E-state index >= 15 is 0 Å². The van der Waals surface area contributed by atoms with Gasteiger partial charge in [0.1, 0.15) is 11.4 Å². The van der Waals surface area contributed by atoms with E-state index in [-0.39, 0.29) is 17.4 Å². The summed E-state index contributed by atoms with van der Waals surface area (Å²) in [6, 6.07) is 5.05. The fraction of sp³-hybridized carbons (Fsp3) is 0.300. The summed E-state index contributed by atoms with van der Waals surface area (Å²) < 4.78 is 5.00. The second kappa shape index (κ2) is 5.73. The third-order valence-electron chi connectivity index (χ3n) is 1.71. The van der Waals surface area contributed by atoms with Crippen LogP contribution < -0.4 is 0 Å². The Morgan fingerprint density at radius 2 is 2.20 bits per heavy atom. The van der Waals surface area contributed by atoms with Gasteiger partial charge in [-0.3, -0.25) is 4.79 Å². The highest BCUT2D eigenvalue weighted by atomic mass is 79.9. The lowest BCUT2D eigenvalue weighted by Gasteiger charge is -2.07. The van der Waals surface area contributed by atoms with Crippen molar-refractivity contribution in [2.45, 2.75) is 18.4 Å². The highest BCUT2D eigenvalue weighted by molar-refractivity contribution is 9.10. The normalized spacial score (nSPS) is 12.3. The number of halogens is 3. The average molecular weight is 312 g/mol. The summed E-state index contributed by atoms with van der Waals surface area (Å²) in [5, 5.41) is 1.06. The Balaban J connectivity index is 2.62. The van der Waals surface area contributed by atoms with Gasteiger partial charge in [0.05, 0.1) is 0 Å². The van der Waals surface area contributed by atoms with Crippen LogP contribution in [0, 0.1) is 0 Å². The molecule has 0 heterocycles. The van der Waals surface area contributed by atoms with Gasteiger partial charge in [-0.25, -0.2) is 0 Å². The first-order valence-corrected chi connectivity index (χ1v) is 5.92. The van der Waals surface area contributed by atoms with Crippen LogP contribution in [0.1, 0.15) is 12.5 Å². The number of ether oxygens (including phenoxy) is 1. The van der Waals surface area contributed by atoms with Crippen LogP contribution in [0.3, 0.4) is 0 Å². The Bertz CT molecular complexity index is 366. The molecule has 2 nitrogen and oxygen atoms in total. The van der Waals surface area contributed by atoms with Crippen molar-refractivity contribution in [2.24, 2.45) is 0 Å². The van der Waals surface area contributed by atoms with E-state index in [4.69, 9.17) is 27.9 Å². The molecule has 5 heteroatoms. The minimum absolute atomic E-state index is 0.158. The van der Waals surface area contributed by atoms with Crippen LogP contribution in [0.25, 0.3) is 0 Å². The molecule has 0 saturated carbocycles. The Morgan fingerprint density at radius 3 is 2.73 bits per heavy atom. The molecule has 0 spiro atoms. The summed E-state index contributed by atoms with van der Waals surface area (Å²) >= 11 is 14.8. The van der Waals surface area contributed by atoms with E-state index in [1.807, 2.05) is 0 Å². The number of hydrogen-bond acceptors (Lipinski definition) is 2. The Morgan fingerprint density at radius 1 is 1.53 bits per heavy atom. The van der Waals surface area contributed by atoms with E-state index in [0.717, 1.165) is 5.56 Å². The topological polar surface area (TPSA) is 26.3 Å². The monoisotopic (exact) mass is 310 g/mol. The zero-order valence-corrected chi connectivity index (χ0v) is 11.1. The van der Waals surface area contributed by atoms with Crippen LogP contribution in [0.2, 0.25) is 10.0 Å². The van der Waals surface area contributed by atoms with Crippen molar-refractivity contribution in [1.82, 2.24) is 0 Å². The molecule has 0 aliphatic carbocycles. The van der Waals surface area contributed by atoms with Crippen LogP contribution in [0.4, 0.5) is 0 Å². The van der Waals surface area contributed by atoms with Crippen LogP contribution in [-0.4, -0.2) is 10.8 Å². The van der Waals surface area contributed by atoms with Gasteiger partial charge in [0.25, 0.3) is 0 Å². The SMILES string of the molecule is CC(Br)C(=O)OCc1ccc(Cl)cc1Cl. The van der Waals surface area contributed by atoms with Crippen molar-refractivity contribution in [2.75, 3.05) is 0 Å². The van der Waals surface area contributed by atoms with E-state index in [1.165, 1.54) is 0 Å². The predicted octanol–water partition coefficient (Wildman–Crippen LogP) is 3.82. The molecule has 1 aromatic rings. The van der Waals surface area contributed by atoms with E-state index in [9.17, 15) is 4.79 Å². The Hall–Kier alpha value is -0.250. The van der Waals surface area contributed by atoms with Gasteiger partial charge in [-0.15, -0.1) is 0 Å². The molecule has 0 bridgehead atoms. The van der Waals surface area contributed by atoms with Crippen LogP contribution in [0.15, 0.2) is 18.2 Å². The molecule has 0 N–H and O–H groups in total. The zero-order valence-electron chi connectivity index (χ0n) is 7.97. The lowest BCUT2D eigenvalue weighted by atomic mass is 10.2. The molecule has 1 rings (SSSR count). The van der Waals surface area contributed by atoms with Gasteiger partial charge < -0.3 is 4.74 Å². The molecule has 1 atom stereocenters. The first-order chi connectivity index (χ1) is 7.00. The molecular weight excluding hydrogens is 303 g/mol. The van der Waals surface area contributed by atoms with Crippen molar-refractivity contribution in [3.05, 3.63) is 33.8 Å². The lowest BCUT2D eigenvalue weighted by Crippen LogP contribution is -2.13.